The van der Waals surface area contributed by atoms with E-state index < -0.39 is 11.9 Å². The van der Waals surface area contributed by atoms with E-state index in [1.54, 1.807) is 6.92 Å². The molecule has 1 heterocycles. The van der Waals surface area contributed by atoms with Crippen molar-refractivity contribution >= 4 is 11.9 Å². The maximum Gasteiger partial charge on any atom is 0.304 e. The average Bonchev–Trinajstić information content (AvgIpc) is 2.63. The summed E-state index contributed by atoms with van der Waals surface area (Å²) in [6, 6.07) is 3.73. The molecule has 0 radical (unpaired) electrons. The van der Waals surface area contributed by atoms with Gasteiger partial charge in [-0.25, -0.2) is 0 Å². The number of carbonyl (C=O) groups excluding carboxylic acids is 1. The zero-order valence-corrected chi connectivity index (χ0v) is 10.0. The van der Waals surface area contributed by atoms with Crippen molar-refractivity contribution in [3.05, 3.63) is 23.7 Å². The molecule has 1 amide bonds. The molecule has 0 spiro atoms. The third kappa shape index (κ3) is 4.72. The molecule has 0 bridgehead atoms. The third-order valence-electron chi connectivity index (χ3n) is 2.40. The third-order valence-corrected chi connectivity index (χ3v) is 2.40. The first-order valence-electron chi connectivity index (χ1n) is 5.54. The molecule has 0 aliphatic heterocycles. The molecule has 94 valence electrons. The van der Waals surface area contributed by atoms with Crippen molar-refractivity contribution in [2.24, 2.45) is 5.92 Å². The van der Waals surface area contributed by atoms with Crippen LogP contribution in [0.5, 0.6) is 0 Å². The van der Waals surface area contributed by atoms with Gasteiger partial charge in [0.1, 0.15) is 11.5 Å². The second-order valence-electron chi connectivity index (χ2n) is 4.05. The van der Waals surface area contributed by atoms with Crippen LogP contribution < -0.4 is 5.32 Å². The number of amides is 1. The SMILES string of the molecule is Cc1ccc(CCNC(=O)C(C)CC(=O)O)o1. The summed E-state index contributed by atoms with van der Waals surface area (Å²) in [5.74, 6) is -0.0601. The summed E-state index contributed by atoms with van der Waals surface area (Å²) in [5, 5.41) is 11.2. The number of hydrogen-bond acceptors (Lipinski definition) is 3. The van der Waals surface area contributed by atoms with E-state index in [1.807, 2.05) is 19.1 Å². The lowest BCUT2D eigenvalue weighted by Gasteiger charge is -2.09. The number of carboxylic acid groups (broad SMARTS) is 1. The Morgan fingerprint density at radius 2 is 2.18 bits per heavy atom. The monoisotopic (exact) mass is 239 g/mol. The van der Waals surface area contributed by atoms with Gasteiger partial charge >= 0.3 is 5.97 Å². The van der Waals surface area contributed by atoms with E-state index in [2.05, 4.69) is 5.32 Å². The van der Waals surface area contributed by atoms with Gasteiger partial charge in [-0.15, -0.1) is 0 Å². The van der Waals surface area contributed by atoms with Crippen LogP contribution in [-0.2, 0) is 16.0 Å². The Bertz CT molecular complexity index is 397. The van der Waals surface area contributed by atoms with Crippen LogP contribution in [0.2, 0.25) is 0 Å². The van der Waals surface area contributed by atoms with E-state index in [0.29, 0.717) is 13.0 Å². The summed E-state index contributed by atoms with van der Waals surface area (Å²) >= 11 is 0. The minimum Gasteiger partial charge on any atom is -0.481 e. The van der Waals surface area contributed by atoms with Crippen LogP contribution in [0.1, 0.15) is 24.9 Å². The van der Waals surface area contributed by atoms with Crippen LogP contribution >= 0.6 is 0 Å². The molecule has 0 aromatic carbocycles. The highest BCUT2D eigenvalue weighted by Crippen LogP contribution is 2.06. The van der Waals surface area contributed by atoms with Gasteiger partial charge in [0.15, 0.2) is 0 Å². The number of aliphatic carboxylic acids is 1. The van der Waals surface area contributed by atoms with Crippen molar-refractivity contribution in [3.63, 3.8) is 0 Å². The zero-order valence-electron chi connectivity index (χ0n) is 10.0. The van der Waals surface area contributed by atoms with Crippen molar-refractivity contribution in [2.45, 2.75) is 26.7 Å². The molecule has 1 atom stereocenters. The Balaban J connectivity index is 2.26. The molecule has 0 aliphatic rings. The first-order valence-corrected chi connectivity index (χ1v) is 5.54. The Morgan fingerprint density at radius 1 is 1.47 bits per heavy atom. The van der Waals surface area contributed by atoms with Gasteiger partial charge in [-0.2, -0.15) is 0 Å². The van der Waals surface area contributed by atoms with Gasteiger partial charge in [-0.1, -0.05) is 6.92 Å². The lowest BCUT2D eigenvalue weighted by Crippen LogP contribution is -2.31. The highest BCUT2D eigenvalue weighted by Gasteiger charge is 2.15. The quantitative estimate of drug-likeness (QED) is 0.785. The predicted molar refractivity (Wildman–Crippen MR) is 61.6 cm³/mol. The van der Waals surface area contributed by atoms with Crippen LogP contribution in [0.3, 0.4) is 0 Å². The lowest BCUT2D eigenvalue weighted by molar-refractivity contribution is -0.140. The maximum atomic E-state index is 11.5. The molecule has 0 aliphatic carbocycles. The first-order chi connectivity index (χ1) is 7.99. The molecule has 0 saturated heterocycles. The van der Waals surface area contributed by atoms with Gasteiger partial charge in [0, 0.05) is 18.9 Å². The molecule has 1 rings (SSSR count). The average molecular weight is 239 g/mol. The summed E-state index contributed by atoms with van der Waals surface area (Å²) in [7, 11) is 0. The summed E-state index contributed by atoms with van der Waals surface area (Å²) < 4.78 is 5.34. The fraction of sp³-hybridized carbons (Fsp3) is 0.500. The number of furan rings is 1. The van der Waals surface area contributed by atoms with Crippen molar-refractivity contribution in [2.75, 3.05) is 6.54 Å². The molecule has 1 aromatic rings. The zero-order chi connectivity index (χ0) is 12.8. The van der Waals surface area contributed by atoms with Crippen LogP contribution in [0.4, 0.5) is 0 Å². The molecule has 1 unspecified atom stereocenters. The van der Waals surface area contributed by atoms with Crippen LogP contribution in [-0.4, -0.2) is 23.5 Å². The van der Waals surface area contributed by atoms with Crippen molar-refractivity contribution in [3.8, 4) is 0 Å². The summed E-state index contributed by atoms with van der Waals surface area (Å²) in [6.45, 7) is 3.91. The van der Waals surface area contributed by atoms with E-state index in [4.69, 9.17) is 9.52 Å². The molecule has 0 saturated carbocycles. The van der Waals surface area contributed by atoms with E-state index in [0.717, 1.165) is 11.5 Å². The topological polar surface area (TPSA) is 79.5 Å². The predicted octanol–water partition coefficient (Wildman–Crippen LogP) is 1.36. The lowest BCUT2D eigenvalue weighted by atomic mass is 10.1. The summed E-state index contributed by atoms with van der Waals surface area (Å²) in [5.41, 5.74) is 0. The molecule has 1 aromatic heterocycles. The Hall–Kier alpha value is -1.78. The molecule has 17 heavy (non-hydrogen) atoms. The van der Waals surface area contributed by atoms with Gasteiger partial charge < -0.3 is 14.8 Å². The molecular weight excluding hydrogens is 222 g/mol. The normalized spacial score (nSPS) is 12.1. The maximum absolute atomic E-state index is 11.5. The summed E-state index contributed by atoms with van der Waals surface area (Å²) in [6.07, 6.45) is 0.463. The highest BCUT2D eigenvalue weighted by atomic mass is 16.4. The number of carbonyl (C=O) groups is 2. The minimum absolute atomic E-state index is 0.147. The smallest absolute Gasteiger partial charge is 0.304 e. The molecule has 5 nitrogen and oxygen atoms in total. The standard InChI is InChI=1S/C12H17NO4/c1-8(7-11(14)15)12(16)13-6-5-10-4-3-9(2)17-10/h3-4,8H,5-7H2,1-2H3,(H,13,16)(H,14,15). The van der Waals surface area contributed by atoms with Gasteiger partial charge in [0.2, 0.25) is 5.91 Å². The van der Waals surface area contributed by atoms with Gasteiger partial charge in [0.25, 0.3) is 0 Å². The Morgan fingerprint density at radius 3 is 2.71 bits per heavy atom. The minimum atomic E-state index is -0.964. The Kier molecular flexibility index (Phi) is 4.75. The number of rotatable bonds is 6. The van der Waals surface area contributed by atoms with Gasteiger partial charge in [-0.3, -0.25) is 9.59 Å². The number of carboxylic acids is 1. The molecule has 5 heteroatoms. The van der Waals surface area contributed by atoms with Gasteiger partial charge in [-0.05, 0) is 19.1 Å². The number of hydrogen-bond donors (Lipinski definition) is 2. The summed E-state index contributed by atoms with van der Waals surface area (Å²) in [4.78, 5) is 21.9. The number of aryl methyl sites for hydroxylation is 1. The van der Waals surface area contributed by atoms with Crippen LogP contribution in [0.25, 0.3) is 0 Å². The molecular formula is C12H17NO4. The van der Waals surface area contributed by atoms with E-state index in [9.17, 15) is 9.59 Å². The van der Waals surface area contributed by atoms with Crippen molar-refractivity contribution in [1.29, 1.82) is 0 Å². The van der Waals surface area contributed by atoms with Crippen LogP contribution in [0, 0.1) is 12.8 Å². The van der Waals surface area contributed by atoms with Crippen molar-refractivity contribution < 1.29 is 19.1 Å². The Labute approximate surface area is 99.8 Å². The highest BCUT2D eigenvalue weighted by molar-refractivity contribution is 5.82. The largest absolute Gasteiger partial charge is 0.481 e. The number of nitrogens with one attached hydrogen (secondary N) is 1. The fourth-order valence-electron chi connectivity index (χ4n) is 1.46. The van der Waals surface area contributed by atoms with E-state index in [1.165, 1.54) is 0 Å². The van der Waals surface area contributed by atoms with Crippen molar-refractivity contribution in [1.82, 2.24) is 5.32 Å². The van der Waals surface area contributed by atoms with E-state index in [-0.39, 0.29) is 12.3 Å². The van der Waals surface area contributed by atoms with Crippen LogP contribution in [0.15, 0.2) is 16.5 Å². The second kappa shape index (κ2) is 6.08. The molecule has 0 fully saturated rings. The fourth-order valence-corrected chi connectivity index (χ4v) is 1.46. The van der Waals surface area contributed by atoms with Gasteiger partial charge in [0.05, 0.1) is 6.42 Å². The second-order valence-corrected chi connectivity index (χ2v) is 4.05. The van der Waals surface area contributed by atoms with E-state index >= 15 is 0 Å². The molecule has 2 N–H and O–H groups in total. The first kappa shape index (κ1) is 13.3.